The van der Waals surface area contributed by atoms with Crippen LogP contribution in [0.15, 0.2) is 66.7 Å². The highest BCUT2D eigenvalue weighted by Gasteiger charge is 2.22. The third kappa shape index (κ3) is 4.05. The summed E-state index contributed by atoms with van der Waals surface area (Å²) < 4.78 is 10.7. The molecule has 0 aliphatic rings. The molecule has 0 unspecified atom stereocenters. The third-order valence-electron chi connectivity index (χ3n) is 5.07. The number of hydrogen-bond acceptors (Lipinski definition) is 4. The fraction of sp³-hybridized carbons (Fsp3) is 0.120. The topological polar surface area (TPSA) is 60.5 Å². The van der Waals surface area contributed by atoms with Gasteiger partial charge >= 0.3 is 0 Å². The number of fused-ring (bicyclic) bond motifs is 1. The second kappa shape index (κ2) is 8.66. The van der Waals surface area contributed by atoms with Gasteiger partial charge in [0, 0.05) is 22.0 Å². The van der Waals surface area contributed by atoms with Crippen LogP contribution in [0, 0.1) is 6.92 Å². The summed E-state index contributed by atoms with van der Waals surface area (Å²) in [4.78, 5) is 18.2. The number of pyridine rings is 1. The Morgan fingerprint density at radius 2 is 1.74 bits per heavy atom. The summed E-state index contributed by atoms with van der Waals surface area (Å²) in [7, 11) is 3.12. The van der Waals surface area contributed by atoms with Crippen molar-refractivity contribution in [1.82, 2.24) is 4.98 Å². The Kier molecular flexibility index (Phi) is 5.78. The number of ether oxygens (including phenoxy) is 2. The summed E-state index contributed by atoms with van der Waals surface area (Å²) in [6.45, 7) is 1.83. The number of aromatic nitrogens is 1. The van der Waals surface area contributed by atoms with E-state index >= 15 is 0 Å². The average Bonchev–Trinajstić information content (AvgIpc) is 2.79. The van der Waals surface area contributed by atoms with Crippen LogP contribution in [-0.4, -0.2) is 25.1 Å². The summed E-state index contributed by atoms with van der Waals surface area (Å²) in [5, 5.41) is 4.36. The maximum absolute atomic E-state index is 13.5. The lowest BCUT2D eigenvalue weighted by atomic mass is 9.94. The molecule has 0 saturated heterocycles. The summed E-state index contributed by atoms with van der Waals surface area (Å²) in [5.41, 5.74) is 4.07. The quantitative estimate of drug-likeness (QED) is 0.412. The molecule has 1 aromatic heterocycles. The number of rotatable bonds is 5. The Balaban J connectivity index is 1.91. The first kappa shape index (κ1) is 20.7. The fourth-order valence-electron chi connectivity index (χ4n) is 3.64. The molecule has 0 spiro atoms. The molecule has 6 heteroatoms. The van der Waals surface area contributed by atoms with Crippen molar-refractivity contribution in [2.75, 3.05) is 19.5 Å². The molecule has 5 nitrogen and oxygen atoms in total. The molecule has 4 rings (SSSR count). The second-order valence-corrected chi connectivity index (χ2v) is 7.43. The van der Waals surface area contributed by atoms with Gasteiger partial charge in [0.25, 0.3) is 5.91 Å². The number of aryl methyl sites for hydroxylation is 1. The number of amides is 1. The minimum Gasteiger partial charge on any atom is -0.497 e. The second-order valence-electron chi connectivity index (χ2n) is 7.00. The number of benzene rings is 3. The van der Waals surface area contributed by atoms with Crippen LogP contribution in [0.4, 0.5) is 5.69 Å². The summed E-state index contributed by atoms with van der Waals surface area (Å²) in [6, 6.07) is 20.5. The lowest BCUT2D eigenvalue weighted by molar-refractivity contribution is 0.102. The molecule has 0 radical (unpaired) electrons. The summed E-state index contributed by atoms with van der Waals surface area (Å²) in [6.07, 6.45) is 0. The van der Waals surface area contributed by atoms with Crippen LogP contribution in [0.25, 0.3) is 22.0 Å². The molecule has 0 aliphatic heterocycles. The molecule has 1 N–H and O–H groups in total. The maximum atomic E-state index is 13.5. The van der Waals surface area contributed by atoms with Gasteiger partial charge in [-0.05, 0) is 42.8 Å². The molecule has 0 atom stereocenters. The zero-order valence-electron chi connectivity index (χ0n) is 17.4. The zero-order chi connectivity index (χ0) is 22.0. The van der Waals surface area contributed by atoms with E-state index in [1.54, 1.807) is 38.5 Å². The van der Waals surface area contributed by atoms with E-state index in [-0.39, 0.29) is 5.91 Å². The van der Waals surface area contributed by atoms with Crippen LogP contribution in [0.2, 0.25) is 5.02 Å². The van der Waals surface area contributed by atoms with Gasteiger partial charge in [0.1, 0.15) is 11.5 Å². The monoisotopic (exact) mass is 432 g/mol. The Bertz CT molecular complexity index is 1270. The van der Waals surface area contributed by atoms with Crippen molar-refractivity contribution in [1.29, 1.82) is 0 Å². The molecule has 1 amide bonds. The first-order valence-electron chi connectivity index (χ1n) is 9.70. The molecule has 0 saturated carbocycles. The SMILES string of the molecule is COc1ccc(OC)c(NC(=O)c2c(C)nc3ccc(Cl)cc3c2-c2ccccc2)c1. The van der Waals surface area contributed by atoms with Crippen molar-refractivity contribution in [3.8, 4) is 22.6 Å². The third-order valence-corrected chi connectivity index (χ3v) is 5.31. The van der Waals surface area contributed by atoms with E-state index in [9.17, 15) is 4.79 Å². The number of nitrogens with one attached hydrogen (secondary N) is 1. The number of hydrogen-bond donors (Lipinski definition) is 1. The number of methoxy groups -OCH3 is 2. The molecule has 31 heavy (non-hydrogen) atoms. The molecule has 1 heterocycles. The van der Waals surface area contributed by atoms with Gasteiger partial charge < -0.3 is 14.8 Å². The summed E-state index contributed by atoms with van der Waals surface area (Å²) >= 11 is 6.29. The van der Waals surface area contributed by atoms with E-state index in [1.807, 2.05) is 49.4 Å². The Morgan fingerprint density at radius 3 is 2.45 bits per heavy atom. The average molecular weight is 433 g/mol. The van der Waals surface area contributed by atoms with E-state index < -0.39 is 0 Å². The van der Waals surface area contributed by atoms with E-state index in [4.69, 9.17) is 21.1 Å². The van der Waals surface area contributed by atoms with Gasteiger partial charge in [-0.15, -0.1) is 0 Å². The van der Waals surface area contributed by atoms with Crippen molar-refractivity contribution in [3.05, 3.63) is 83.0 Å². The van der Waals surface area contributed by atoms with Crippen LogP contribution in [0.5, 0.6) is 11.5 Å². The van der Waals surface area contributed by atoms with Crippen LogP contribution in [0.1, 0.15) is 16.1 Å². The molecular formula is C25H21ClN2O3. The number of nitrogens with zero attached hydrogens (tertiary/aromatic N) is 1. The van der Waals surface area contributed by atoms with Crippen molar-refractivity contribution in [2.24, 2.45) is 0 Å². The van der Waals surface area contributed by atoms with Gasteiger partial charge in [-0.2, -0.15) is 0 Å². The number of anilines is 1. The van der Waals surface area contributed by atoms with Crippen LogP contribution < -0.4 is 14.8 Å². The highest BCUT2D eigenvalue weighted by Crippen LogP contribution is 2.36. The lowest BCUT2D eigenvalue weighted by Crippen LogP contribution is -2.16. The van der Waals surface area contributed by atoms with Gasteiger partial charge in [-0.3, -0.25) is 9.78 Å². The minimum atomic E-state index is -0.294. The maximum Gasteiger partial charge on any atom is 0.258 e. The zero-order valence-corrected chi connectivity index (χ0v) is 18.2. The molecule has 4 aromatic rings. The number of halogens is 1. The Labute approximate surface area is 185 Å². The van der Waals surface area contributed by atoms with Gasteiger partial charge in [0.2, 0.25) is 0 Å². The Hall–Kier alpha value is -3.57. The predicted molar refractivity (Wildman–Crippen MR) is 124 cm³/mol. The largest absolute Gasteiger partial charge is 0.497 e. The van der Waals surface area contributed by atoms with Crippen LogP contribution in [-0.2, 0) is 0 Å². The Morgan fingerprint density at radius 1 is 0.968 bits per heavy atom. The van der Waals surface area contributed by atoms with Crippen molar-refractivity contribution in [2.45, 2.75) is 6.92 Å². The van der Waals surface area contributed by atoms with Crippen molar-refractivity contribution >= 4 is 34.1 Å². The molecule has 156 valence electrons. The van der Waals surface area contributed by atoms with E-state index in [0.717, 1.165) is 22.0 Å². The van der Waals surface area contributed by atoms with Crippen LogP contribution in [0.3, 0.4) is 0 Å². The molecule has 0 aliphatic carbocycles. The first-order valence-corrected chi connectivity index (χ1v) is 10.1. The molecule has 0 fully saturated rings. The number of carbonyl (C=O) groups is 1. The smallest absolute Gasteiger partial charge is 0.258 e. The van der Waals surface area contributed by atoms with Gasteiger partial charge in [-0.1, -0.05) is 41.9 Å². The van der Waals surface area contributed by atoms with E-state index in [0.29, 0.717) is 33.5 Å². The predicted octanol–water partition coefficient (Wildman–Crippen LogP) is 6.13. The molecule has 3 aromatic carbocycles. The first-order chi connectivity index (χ1) is 15.0. The summed E-state index contributed by atoms with van der Waals surface area (Å²) in [5.74, 6) is 0.849. The normalized spacial score (nSPS) is 10.7. The number of carbonyl (C=O) groups excluding carboxylic acids is 1. The van der Waals surface area contributed by atoms with Crippen molar-refractivity contribution < 1.29 is 14.3 Å². The van der Waals surface area contributed by atoms with Gasteiger partial charge in [0.05, 0.1) is 36.7 Å². The molecular weight excluding hydrogens is 412 g/mol. The fourth-order valence-corrected chi connectivity index (χ4v) is 3.81. The highest BCUT2D eigenvalue weighted by atomic mass is 35.5. The van der Waals surface area contributed by atoms with Crippen LogP contribution >= 0.6 is 11.6 Å². The highest BCUT2D eigenvalue weighted by molar-refractivity contribution is 6.31. The minimum absolute atomic E-state index is 0.294. The van der Waals surface area contributed by atoms with E-state index in [1.165, 1.54) is 0 Å². The van der Waals surface area contributed by atoms with E-state index in [2.05, 4.69) is 10.3 Å². The van der Waals surface area contributed by atoms with Gasteiger partial charge in [0.15, 0.2) is 0 Å². The van der Waals surface area contributed by atoms with Gasteiger partial charge in [-0.25, -0.2) is 0 Å². The standard InChI is InChI=1S/C25H21ClN2O3/c1-15-23(25(29)28-21-14-18(30-2)10-12-22(21)31-3)24(16-7-5-4-6-8-16)19-13-17(26)9-11-20(19)27-15/h4-14H,1-3H3,(H,28,29). The van der Waals surface area contributed by atoms with Crippen molar-refractivity contribution in [3.63, 3.8) is 0 Å². The molecule has 0 bridgehead atoms. The lowest BCUT2D eigenvalue weighted by Gasteiger charge is -2.17.